The van der Waals surface area contributed by atoms with Crippen molar-refractivity contribution in [3.05, 3.63) is 24.0 Å². The average Bonchev–Trinajstić information content (AvgIpc) is 2.26. The summed E-state index contributed by atoms with van der Waals surface area (Å²) in [6.07, 6.45) is 3.76. The van der Waals surface area contributed by atoms with Crippen LogP contribution < -0.4 is 4.72 Å². The number of carbonyl (C=O) groups is 1. The van der Waals surface area contributed by atoms with Gasteiger partial charge < -0.3 is 5.11 Å². The van der Waals surface area contributed by atoms with Crippen molar-refractivity contribution in [1.82, 2.24) is 4.98 Å². The summed E-state index contributed by atoms with van der Waals surface area (Å²) in [7, 11) is -3.51. The van der Waals surface area contributed by atoms with Gasteiger partial charge in [-0.2, -0.15) is 0 Å². The Bertz CT molecular complexity index is 499. The number of carboxylic acid groups (broad SMARTS) is 1. The van der Waals surface area contributed by atoms with Crippen LogP contribution in [0.1, 0.15) is 30.1 Å². The highest BCUT2D eigenvalue weighted by Gasteiger charge is 2.15. The van der Waals surface area contributed by atoms with Crippen LogP contribution in [0.5, 0.6) is 0 Å². The Labute approximate surface area is 99.7 Å². The third-order valence-electron chi connectivity index (χ3n) is 2.08. The molecule has 0 aliphatic heterocycles. The highest BCUT2D eigenvalue weighted by molar-refractivity contribution is 7.92. The van der Waals surface area contributed by atoms with E-state index in [2.05, 4.69) is 9.71 Å². The summed E-state index contributed by atoms with van der Waals surface area (Å²) in [6, 6.07) is 1.25. The number of unbranched alkanes of at least 4 members (excludes halogenated alkanes) is 1. The lowest BCUT2D eigenvalue weighted by molar-refractivity contribution is 0.0698. The van der Waals surface area contributed by atoms with Gasteiger partial charge in [-0.25, -0.2) is 13.2 Å². The van der Waals surface area contributed by atoms with Crippen LogP contribution in [0.3, 0.4) is 0 Å². The van der Waals surface area contributed by atoms with Crippen molar-refractivity contribution in [2.75, 3.05) is 10.5 Å². The van der Waals surface area contributed by atoms with E-state index in [0.717, 1.165) is 6.42 Å². The predicted octanol–water partition coefficient (Wildman–Crippen LogP) is 1.32. The Morgan fingerprint density at radius 1 is 1.53 bits per heavy atom. The first-order chi connectivity index (χ1) is 7.96. The molecule has 1 aromatic rings. The van der Waals surface area contributed by atoms with Gasteiger partial charge in [0.25, 0.3) is 0 Å². The molecule has 6 nitrogen and oxygen atoms in total. The maximum Gasteiger partial charge on any atom is 0.337 e. The lowest BCUT2D eigenvalue weighted by Gasteiger charge is -2.09. The number of nitrogens with one attached hydrogen (secondary N) is 1. The van der Waals surface area contributed by atoms with E-state index in [1.165, 1.54) is 18.5 Å². The number of rotatable bonds is 6. The molecule has 94 valence electrons. The summed E-state index contributed by atoms with van der Waals surface area (Å²) in [5.74, 6) is -1.22. The average molecular weight is 258 g/mol. The second-order valence-electron chi connectivity index (χ2n) is 3.50. The Kier molecular flexibility index (Phi) is 4.45. The molecule has 7 heteroatoms. The molecule has 0 fully saturated rings. The number of hydrogen-bond acceptors (Lipinski definition) is 4. The van der Waals surface area contributed by atoms with Gasteiger partial charge >= 0.3 is 5.97 Å². The van der Waals surface area contributed by atoms with Gasteiger partial charge in [-0.05, 0) is 12.5 Å². The van der Waals surface area contributed by atoms with E-state index in [1.54, 1.807) is 0 Å². The highest BCUT2D eigenvalue weighted by atomic mass is 32.2. The van der Waals surface area contributed by atoms with Gasteiger partial charge in [-0.15, -0.1) is 0 Å². The number of pyridine rings is 1. The largest absolute Gasteiger partial charge is 0.478 e. The van der Waals surface area contributed by atoms with E-state index >= 15 is 0 Å². The summed E-state index contributed by atoms with van der Waals surface area (Å²) < 4.78 is 25.4. The first-order valence-corrected chi connectivity index (χ1v) is 6.79. The lowest BCUT2D eigenvalue weighted by Crippen LogP contribution is -2.18. The molecule has 0 aromatic carbocycles. The summed E-state index contributed by atoms with van der Waals surface area (Å²) in [4.78, 5) is 14.6. The molecule has 2 N–H and O–H groups in total. The fourth-order valence-corrected chi connectivity index (χ4v) is 2.48. The van der Waals surface area contributed by atoms with E-state index in [0.29, 0.717) is 6.42 Å². The molecule has 0 radical (unpaired) electrons. The quantitative estimate of drug-likeness (QED) is 0.802. The third-order valence-corrected chi connectivity index (χ3v) is 3.44. The van der Waals surface area contributed by atoms with Crippen molar-refractivity contribution in [3.63, 3.8) is 0 Å². The van der Waals surface area contributed by atoms with Crippen LogP contribution in [0.2, 0.25) is 0 Å². The molecular weight excluding hydrogens is 244 g/mol. The van der Waals surface area contributed by atoms with Crippen molar-refractivity contribution in [3.8, 4) is 0 Å². The molecule has 0 atom stereocenters. The Morgan fingerprint density at radius 3 is 2.82 bits per heavy atom. The van der Waals surface area contributed by atoms with E-state index in [9.17, 15) is 13.2 Å². The number of hydrogen-bond donors (Lipinski definition) is 2. The van der Waals surface area contributed by atoms with E-state index in [4.69, 9.17) is 5.11 Å². The minimum Gasteiger partial charge on any atom is -0.478 e. The number of sulfonamides is 1. The summed E-state index contributed by atoms with van der Waals surface area (Å²) in [5, 5.41) is 8.88. The van der Waals surface area contributed by atoms with Crippen LogP contribution >= 0.6 is 0 Å². The Morgan fingerprint density at radius 2 is 2.24 bits per heavy atom. The van der Waals surface area contributed by atoms with Crippen LogP contribution in [0.15, 0.2) is 18.5 Å². The van der Waals surface area contributed by atoms with Crippen LogP contribution in [-0.4, -0.2) is 30.2 Å². The number of carboxylic acids is 1. The van der Waals surface area contributed by atoms with Gasteiger partial charge in [0.2, 0.25) is 10.0 Å². The number of aromatic nitrogens is 1. The van der Waals surface area contributed by atoms with Crippen molar-refractivity contribution in [2.24, 2.45) is 0 Å². The van der Waals surface area contributed by atoms with E-state index < -0.39 is 16.0 Å². The fraction of sp³-hybridized carbons (Fsp3) is 0.400. The molecule has 17 heavy (non-hydrogen) atoms. The van der Waals surface area contributed by atoms with Gasteiger partial charge in [-0.3, -0.25) is 9.71 Å². The maximum absolute atomic E-state index is 11.6. The van der Waals surface area contributed by atoms with Crippen LogP contribution in [0.4, 0.5) is 5.69 Å². The van der Waals surface area contributed by atoms with Crippen molar-refractivity contribution in [2.45, 2.75) is 19.8 Å². The summed E-state index contributed by atoms with van der Waals surface area (Å²) >= 11 is 0. The molecule has 0 bridgehead atoms. The topological polar surface area (TPSA) is 96.4 Å². The van der Waals surface area contributed by atoms with Crippen LogP contribution in [0.25, 0.3) is 0 Å². The monoisotopic (exact) mass is 258 g/mol. The molecule has 0 amide bonds. The molecular formula is C10H14N2O4S. The summed E-state index contributed by atoms with van der Waals surface area (Å²) in [5.41, 5.74) is -0.115. The molecule has 0 saturated carbocycles. The van der Waals surface area contributed by atoms with Crippen LogP contribution in [-0.2, 0) is 10.0 Å². The predicted molar refractivity (Wildman–Crippen MR) is 63.5 cm³/mol. The molecule has 0 aliphatic carbocycles. The number of anilines is 1. The molecule has 1 rings (SSSR count). The fourth-order valence-electron chi connectivity index (χ4n) is 1.22. The first-order valence-electron chi connectivity index (χ1n) is 5.14. The second-order valence-corrected chi connectivity index (χ2v) is 5.34. The zero-order valence-electron chi connectivity index (χ0n) is 9.38. The zero-order chi connectivity index (χ0) is 12.9. The normalized spacial score (nSPS) is 11.1. The number of aromatic carboxylic acids is 1. The van der Waals surface area contributed by atoms with Crippen molar-refractivity contribution < 1.29 is 18.3 Å². The molecule has 0 unspecified atom stereocenters. The Hall–Kier alpha value is -1.63. The Balaban J connectivity index is 2.92. The van der Waals surface area contributed by atoms with E-state index in [-0.39, 0.29) is 17.0 Å². The molecule has 1 heterocycles. The van der Waals surface area contributed by atoms with Crippen LogP contribution in [0, 0.1) is 0 Å². The smallest absolute Gasteiger partial charge is 0.337 e. The van der Waals surface area contributed by atoms with Crippen molar-refractivity contribution >= 4 is 21.7 Å². The third kappa shape index (κ3) is 4.03. The first kappa shape index (κ1) is 13.4. The maximum atomic E-state index is 11.6. The molecule has 1 aromatic heterocycles. The second kappa shape index (κ2) is 5.62. The van der Waals surface area contributed by atoms with Gasteiger partial charge in [0, 0.05) is 6.20 Å². The highest BCUT2D eigenvalue weighted by Crippen LogP contribution is 2.15. The molecule has 0 spiro atoms. The minimum absolute atomic E-state index is 0.00361. The number of nitrogens with zero attached hydrogens (tertiary/aromatic N) is 1. The van der Waals surface area contributed by atoms with Crippen molar-refractivity contribution in [1.29, 1.82) is 0 Å². The SMILES string of the molecule is CCCCS(=O)(=O)Nc1cnccc1C(=O)O. The minimum atomic E-state index is -3.51. The van der Waals surface area contributed by atoms with Gasteiger partial charge in [0.15, 0.2) is 0 Å². The summed E-state index contributed by atoms with van der Waals surface area (Å²) in [6.45, 7) is 1.88. The zero-order valence-corrected chi connectivity index (χ0v) is 10.2. The molecule has 0 saturated heterocycles. The van der Waals surface area contributed by atoms with Gasteiger partial charge in [0.05, 0.1) is 23.2 Å². The van der Waals surface area contributed by atoms with Gasteiger partial charge in [0.1, 0.15) is 0 Å². The van der Waals surface area contributed by atoms with E-state index in [1.807, 2.05) is 6.92 Å². The standard InChI is InChI=1S/C10H14N2O4S/c1-2-3-6-17(15,16)12-9-7-11-5-4-8(9)10(13)14/h4-5,7,12H,2-3,6H2,1H3,(H,13,14). The van der Waals surface area contributed by atoms with Gasteiger partial charge in [-0.1, -0.05) is 13.3 Å². The lowest BCUT2D eigenvalue weighted by atomic mass is 10.2. The molecule has 0 aliphatic rings.